The van der Waals surface area contributed by atoms with E-state index in [0.717, 1.165) is 25.7 Å². The van der Waals surface area contributed by atoms with E-state index in [4.69, 9.17) is 5.26 Å². The van der Waals surface area contributed by atoms with E-state index >= 15 is 0 Å². The van der Waals surface area contributed by atoms with E-state index in [2.05, 4.69) is 6.07 Å². The van der Waals surface area contributed by atoms with Crippen molar-refractivity contribution < 1.29 is 8.42 Å². The Labute approximate surface area is 78.7 Å². The Morgan fingerprint density at radius 1 is 1.31 bits per heavy atom. The summed E-state index contributed by atoms with van der Waals surface area (Å²) in [4.78, 5) is 0. The highest BCUT2D eigenvalue weighted by Crippen LogP contribution is 2.51. The van der Waals surface area contributed by atoms with Crippen molar-refractivity contribution in [2.75, 3.05) is 5.75 Å². The lowest BCUT2D eigenvalue weighted by Gasteiger charge is -2.12. The first-order valence-corrected chi connectivity index (χ1v) is 6.22. The monoisotopic (exact) mass is 199 g/mol. The van der Waals surface area contributed by atoms with Crippen LogP contribution in [0.1, 0.15) is 32.6 Å². The van der Waals surface area contributed by atoms with Crippen molar-refractivity contribution in [3.05, 3.63) is 0 Å². The molecule has 72 valence electrons. The summed E-state index contributed by atoms with van der Waals surface area (Å²) in [5.74, 6) is 0.0903. The molecule has 0 aromatic rings. The van der Waals surface area contributed by atoms with Crippen molar-refractivity contribution in [3.8, 4) is 6.07 Å². The molecule has 13 heavy (non-hydrogen) atoms. The Bertz CT molecular complexity index is 369. The lowest BCUT2D eigenvalue weighted by molar-refractivity contribution is 0.569. The Morgan fingerprint density at radius 2 is 1.85 bits per heavy atom. The summed E-state index contributed by atoms with van der Waals surface area (Å²) in [6, 6.07) is 2.13. The molecule has 0 bridgehead atoms. The Balaban J connectivity index is 2.15. The van der Waals surface area contributed by atoms with E-state index < -0.39 is 20.0 Å². The van der Waals surface area contributed by atoms with Crippen LogP contribution >= 0.6 is 0 Å². The van der Waals surface area contributed by atoms with Gasteiger partial charge in [-0.25, -0.2) is 8.42 Å². The van der Waals surface area contributed by atoms with Crippen LogP contribution in [-0.2, 0) is 9.84 Å². The highest BCUT2D eigenvalue weighted by Gasteiger charge is 2.56. The number of hydrogen-bond donors (Lipinski definition) is 0. The van der Waals surface area contributed by atoms with Crippen molar-refractivity contribution in [1.82, 2.24) is 0 Å². The second-order valence-electron chi connectivity index (χ2n) is 4.60. The predicted molar refractivity (Wildman–Crippen MR) is 48.7 cm³/mol. The van der Waals surface area contributed by atoms with Gasteiger partial charge < -0.3 is 0 Å². The van der Waals surface area contributed by atoms with Crippen molar-refractivity contribution >= 4 is 9.84 Å². The van der Waals surface area contributed by atoms with Gasteiger partial charge in [-0.2, -0.15) is 5.26 Å². The topological polar surface area (TPSA) is 57.9 Å². The third-order valence-electron chi connectivity index (χ3n) is 3.26. The van der Waals surface area contributed by atoms with Crippen LogP contribution in [0.15, 0.2) is 0 Å². The Kier molecular flexibility index (Phi) is 1.57. The molecular formula is C9H13NO2S. The van der Waals surface area contributed by atoms with Crippen molar-refractivity contribution in [2.45, 2.75) is 37.4 Å². The zero-order valence-corrected chi connectivity index (χ0v) is 8.52. The number of rotatable bonds is 3. The normalized spacial score (nSPS) is 27.7. The van der Waals surface area contributed by atoms with Crippen molar-refractivity contribution in [3.63, 3.8) is 0 Å². The molecule has 0 atom stereocenters. The number of sulfone groups is 1. The number of nitriles is 1. The van der Waals surface area contributed by atoms with Gasteiger partial charge in [0.1, 0.15) is 0 Å². The van der Waals surface area contributed by atoms with E-state index in [-0.39, 0.29) is 5.75 Å². The third-order valence-corrected chi connectivity index (χ3v) is 6.10. The molecule has 0 amide bonds. The lowest BCUT2D eigenvalue weighted by atomic mass is 10.2. The highest BCUT2D eigenvalue weighted by molar-refractivity contribution is 7.93. The van der Waals surface area contributed by atoms with Gasteiger partial charge in [0.25, 0.3) is 0 Å². The molecule has 2 saturated carbocycles. The van der Waals surface area contributed by atoms with Crippen LogP contribution in [0.3, 0.4) is 0 Å². The molecule has 2 fully saturated rings. The van der Waals surface area contributed by atoms with E-state index in [1.165, 1.54) is 0 Å². The van der Waals surface area contributed by atoms with Gasteiger partial charge in [-0.15, -0.1) is 0 Å². The van der Waals surface area contributed by atoms with E-state index in [1.807, 2.05) is 0 Å². The summed E-state index contributed by atoms with van der Waals surface area (Å²) in [6.45, 7) is 1.79. The molecule has 0 unspecified atom stereocenters. The molecule has 0 aromatic carbocycles. The summed E-state index contributed by atoms with van der Waals surface area (Å²) in [7, 11) is -3.02. The van der Waals surface area contributed by atoms with E-state index in [0.29, 0.717) is 0 Å². The minimum Gasteiger partial charge on any atom is -0.228 e. The standard InChI is InChI=1S/C9H13NO2S/c1-8(2-3-8)13(11,12)7-9(6-10)4-5-9/h2-5,7H2,1H3. The lowest BCUT2D eigenvalue weighted by Crippen LogP contribution is -2.27. The molecule has 0 spiro atoms. The van der Waals surface area contributed by atoms with Gasteiger partial charge in [-0.1, -0.05) is 0 Å². The second-order valence-corrected chi connectivity index (χ2v) is 7.10. The molecule has 0 N–H and O–H groups in total. The minimum atomic E-state index is -3.02. The number of nitrogens with zero attached hydrogens (tertiary/aromatic N) is 1. The average molecular weight is 199 g/mol. The fourth-order valence-corrected chi connectivity index (χ4v) is 3.62. The molecule has 3 nitrogen and oxygen atoms in total. The van der Waals surface area contributed by atoms with Gasteiger partial charge in [0, 0.05) is 0 Å². The maximum absolute atomic E-state index is 11.8. The molecule has 2 aliphatic carbocycles. The molecule has 0 heterocycles. The van der Waals surface area contributed by atoms with Gasteiger partial charge in [-0.3, -0.25) is 0 Å². The van der Waals surface area contributed by atoms with Crippen LogP contribution in [-0.4, -0.2) is 18.9 Å². The smallest absolute Gasteiger partial charge is 0.157 e. The summed E-state index contributed by atoms with van der Waals surface area (Å²) >= 11 is 0. The molecule has 0 radical (unpaired) electrons. The van der Waals surface area contributed by atoms with Gasteiger partial charge >= 0.3 is 0 Å². The van der Waals surface area contributed by atoms with Crippen LogP contribution in [0.2, 0.25) is 0 Å². The van der Waals surface area contributed by atoms with Crippen LogP contribution in [0.5, 0.6) is 0 Å². The SMILES string of the molecule is CC1(S(=O)(=O)CC2(C#N)CC2)CC1. The molecule has 4 heteroatoms. The molecule has 0 saturated heterocycles. The van der Waals surface area contributed by atoms with E-state index in [1.54, 1.807) is 6.92 Å². The second kappa shape index (κ2) is 2.27. The van der Waals surface area contributed by atoms with Crippen LogP contribution in [0.25, 0.3) is 0 Å². The minimum absolute atomic E-state index is 0.0903. The fourth-order valence-electron chi connectivity index (χ4n) is 1.46. The maximum Gasteiger partial charge on any atom is 0.157 e. The van der Waals surface area contributed by atoms with Gasteiger partial charge in [-0.05, 0) is 32.6 Å². The van der Waals surface area contributed by atoms with Gasteiger partial charge in [0.05, 0.1) is 22.0 Å². The quantitative estimate of drug-likeness (QED) is 0.687. The fraction of sp³-hybridized carbons (Fsp3) is 0.889. The summed E-state index contributed by atoms with van der Waals surface area (Å²) < 4.78 is 23.1. The molecular weight excluding hydrogens is 186 g/mol. The predicted octanol–water partition coefficient (Wildman–Crippen LogP) is 1.26. The largest absolute Gasteiger partial charge is 0.228 e. The van der Waals surface area contributed by atoms with Crippen LogP contribution in [0, 0.1) is 16.7 Å². The zero-order valence-electron chi connectivity index (χ0n) is 7.71. The van der Waals surface area contributed by atoms with Gasteiger partial charge in [0.2, 0.25) is 0 Å². The number of hydrogen-bond acceptors (Lipinski definition) is 3. The van der Waals surface area contributed by atoms with Crippen molar-refractivity contribution in [2.24, 2.45) is 5.41 Å². The third kappa shape index (κ3) is 1.35. The first kappa shape index (κ1) is 9.01. The van der Waals surface area contributed by atoms with Crippen molar-refractivity contribution in [1.29, 1.82) is 5.26 Å². The van der Waals surface area contributed by atoms with Crippen LogP contribution < -0.4 is 0 Å². The first-order chi connectivity index (χ1) is 5.93. The van der Waals surface area contributed by atoms with Gasteiger partial charge in [0.15, 0.2) is 9.84 Å². The molecule has 2 rings (SSSR count). The molecule has 0 aliphatic heterocycles. The molecule has 0 aromatic heterocycles. The molecule has 2 aliphatic rings. The Morgan fingerprint density at radius 3 is 2.15 bits per heavy atom. The maximum atomic E-state index is 11.8. The Hall–Kier alpha value is -0.560. The summed E-state index contributed by atoms with van der Waals surface area (Å²) in [5, 5.41) is 8.79. The summed E-state index contributed by atoms with van der Waals surface area (Å²) in [6.07, 6.45) is 3.07. The van der Waals surface area contributed by atoms with E-state index in [9.17, 15) is 8.42 Å². The zero-order chi connectivity index (χ0) is 9.74. The van der Waals surface area contributed by atoms with Crippen LogP contribution in [0.4, 0.5) is 0 Å². The first-order valence-electron chi connectivity index (χ1n) is 4.57. The summed E-state index contributed by atoms with van der Waals surface area (Å²) in [5.41, 5.74) is -0.509. The average Bonchev–Trinajstić information content (AvgIpc) is 2.89. The highest BCUT2D eigenvalue weighted by atomic mass is 32.2.